The number of hydrogen-bond acceptors (Lipinski definition) is 4. The number of para-hydroxylation sites is 1. The first-order chi connectivity index (χ1) is 11.3. The van der Waals surface area contributed by atoms with Crippen molar-refractivity contribution in [2.24, 2.45) is 0 Å². The smallest absolute Gasteiger partial charge is 0.129 e. The van der Waals surface area contributed by atoms with Crippen LogP contribution in [0.5, 0.6) is 0 Å². The molecule has 1 aromatic heterocycles. The fourth-order valence-corrected chi connectivity index (χ4v) is 3.01. The first kappa shape index (κ1) is 16.1. The zero-order valence-corrected chi connectivity index (χ0v) is 13.4. The first-order valence-electron chi connectivity index (χ1n) is 8.23. The van der Waals surface area contributed by atoms with Crippen molar-refractivity contribution in [1.29, 1.82) is 0 Å². The highest BCUT2D eigenvalue weighted by Crippen LogP contribution is 2.12. The van der Waals surface area contributed by atoms with Gasteiger partial charge in [-0.15, -0.1) is 0 Å². The van der Waals surface area contributed by atoms with Gasteiger partial charge >= 0.3 is 0 Å². The molecule has 2 heterocycles. The van der Waals surface area contributed by atoms with Gasteiger partial charge in [0.2, 0.25) is 0 Å². The van der Waals surface area contributed by atoms with Crippen LogP contribution in [0.3, 0.4) is 0 Å². The molecule has 1 aromatic carbocycles. The summed E-state index contributed by atoms with van der Waals surface area (Å²) >= 11 is 0. The van der Waals surface area contributed by atoms with Crippen LogP contribution in [-0.4, -0.2) is 50.5 Å². The minimum absolute atomic E-state index is 0.354. The average Bonchev–Trinajstić information content (AvgIpc) is 3.10. The monoisotopic (exact) mass is 317 g/mol. The fraction of sp³-hybridized carbons (Fsp3) is 0.444. The van der Waals surface area contributed by atoms with E-state index in [2.05, 4.69) is 29.2 Å². The second kappa shape index (κ2) is 8.15. The van der Waals surface area contributed by atoms with Gasteiger partial charge in [-0.3, -0.25) is 0 Å². The molecule has 0 amide bonds. The molecule has 2 aromatic rings. The van der Waals surface area contributed by atoms with Crippen LogP contribution in [0.1, 0.15) is 5.76 Å². The van der Waals surface area contributed by atoms with Crippen molar-refractivity contribution in [3.63, 3.8) is 0 Å². The van der Waals surface area contributed by atoms with Crippen LogP contribution in [0, 0.1) is 0 Å². The Morgan fingerprint density at radius 2 is 1.91 bits per heavy atom. The van der Waals surface area contributed by atoms with Gasteiger partial charge in [-0.05, 0) is 24.3 Å². The lowest BCUT2D eigenvalue weighted by atomic mass is 10.2. The average molecular weight is 317 g/mol. The van der Waals surface area contributed by atoms with E-state index in [0.29, 0.717) is 13.2 Å². The van der Waals surface area contributed by atoms with Crippen molar-refractivity contribution in [3.8, 4) is 0 Å². The number of furan rings is 1. The summed E-state index contributed by atoms with van der Waals surface area (Å²) in [7, 11) is 0. The minimum Gasteiger partial charge on any atom is -0.467 e. The third-order valence-electron chi connectivity index (χ3n) is 4.25. The molecule has 0 unspecified atom stereocenters. The van der Waals surface area contributed by atoms with E-state index in [1.54, 1.807) is 6.26 Å². The van der Waals surface area contributed by atoms with Gasteiger partial charge in [0.15, 0.2) is 0 Å². The number of aliphatic hydroxyl groups is 1. The quantitative estimate of drug-likeness (QED) is 0.784. The molecule has 5 nitrogen and oxygen atoms in total. The van der Waals surface area contributed by atoms with Crippen LogP contribution in [0.15, 0.2) is 53.1 Å². The van der Waals surface area contributed by atoms with E-state index in [-0.39, 0.29) is 0 Å². The highest BCUT2D eigenvalue weighted by atomic mass is 16.5. The van der Waals surface area contributed by atoms with E-state index in [0.717, 1.165) is 38.5 Å². The maximum absolute atomic E-state index is 10.1. The maximum atomic E-state index is 10.1. The van der Waals surface area contributed by atoms with Crippen LogP contribution >= 0.6 is 0 Å². The predicted molar refractivity (Wildman–Crippen MR) is 88.6 cm³/mol. The Morgan fingerprint density at radius 3 is 2.61 bits per heavy atom. The largest absolute Gasteiger partial charge is 0.467 e. The van der Waals surface area contributed by atoms with Crippen LogP contribution in [0.2, 0.25) is 0 Å². The molecule has 0 radical (unpaired) electrons. The molecular weight excluding hydrogens is 292 g/mol. The summed E-state index contributed by atoms with van der Waals surface area (Å²) in [4.78, 5) is 3.84. The maximum Gasteiger partial charge on any atom is 0.129 e. The van der Waals surface area contributed by atoms with Gasteiger partial charge in [0, 0.05) is 5.69 Å². The molecule has 5 heteroatoms. The van der Waals surface area contributed by atoms with Crippen LogP contribution in [0.4, 0.5) is 5.69 Å². The number of aliphatic hydroxyl groups excluding tert-OH is 1. The normalized spacial score (nSPS) is 17.3. The molecule has 3 rings (SSSR count). The van der Waals surface area contributed by atoms with E-state index in [4.69, 9.17) is 9.15 Å². The van der Waals surface area contributed by atoms with Gasteiger partial charge in [-0.2, -0.15) is 0 Å². The summed E-state index contributed by atoms with van der Waals surface area (Å²) in [6.07, 6.45) is 1.20. The van der Waals surface area contributed by atoms with Crippen molar-refractivity contribution in [2.45, 2.75) is 12.7 Å². The van der Waals surface area contributed by atoms with Gasteiger partial charge in [0.1, 0.15) is 25.0 Å². The lowest BCUT2D eigenvalue weighted by Gasteiger charge is -2.34. The molecule has 1 fully saturated rings. The van der Waals surface area contributed by atoms with Crippen molar-refractivity contribution < 1.29 is 19.2 Å². The number of benzene rings is 1. The Morgan fingerprint density at radius 1 is 1.13 bits per heavy atom. The second-order valence-electron chi connectivity index (χ2n) is 6.03. The van der Waals surface area contributed by atoms with Gasteiger partial charge in [0.25, 0.3) is 0 Å². The summed E-state index contributed by atoms with van der Waals surface area (Å²) in [5.41, 5.74) is 1.29. The van der Waals surface area contributed by atoms with E-state index in [1.165, 1.54) is 10.6 Å². The third-order valence-corrected chi connectivity index (χ3v) is 4.25. The molecule has 124 valence electrons. The topological polar surface area (TPSA) is 50.3 Å². The second-order valence-corrected chi connectivity index (χ2v) is 6.03. The molecule has 0 bridgehead atoms. The number of nitrogens with one attached hydrogen (secondary N) is 1. The molecule has 0 spiro atoms. The SMILES string of the molecule is O[C@H](COCc1ccco1)C[NH+]1CCN(c2ccccc2)CC1. The molecular formula is C18H25N2O3+. The summed E-state index contributed by atoms with van der Waals surface area (Å²) < 4.78 is 10.7. The van der Waals surface area contributed by atoms with E-state index >= 15 is 0 Å². The highest BCUT2D eigenvalue weighted by Gasteiger charge is 2.22. The molecule has 2 N–H and O–H groups in total. The molecule has 0 saturated carbocycles. The zero-order valence-electron chi connectivity index (χ0n) is 13.4. The third kappa shape index (κ3) is 4.82. The number of anilines is 1. The molecule has 23 heavy (non-hydrogen) atoms. The lowest BCUT2D eigenvalue weighted by Crippen LogP contribution is -3.16. The number of quaternary nitrogens is 1. The minimum atomic E-state index is -0.428. The summed E-state index contributed by atoms with van der Waals surface area (Å²) in [5.74, 6) is 0.793. The van der Waals surface area contributed by atoms with Gasteiger partial charge in [-0.1, -0.05) is 18.2 Å². The van der Waals surface area contributed by atoms with Crippen LogP contribution in [-0.2, 0) is 11.3 Å². The van der Waals surface area contributed by atoms with Crippen LogP contribution in [0.25, 0.3) is 0 Å². The first-order valence-corrected chi connectivity index (χ1v) is 8.23. The fourth-order valence-electron chi connectivity index (χ4n) is 3.01. The van der Waals surface area contributed by atoms with E-state index < -0.39 is 6.10 Å². The summed E-state index contributed by atoms with van der Waals surface area (Å²) in [6.45, 7) is 5.65. The predicted octanol–water partition coefficient (Wildman–Crippen LogP) is 0.562. The summed E-state index contributed by atoms with van der Waals surface area (Å²) in [5, 5.41) is 10.1. The summed E-state index contributed by atoms with van der Waals surface area (Å²) in [6, 6.07) is 14.2. The Labute approximate surface area is 137 Å². The Kier molecular flexibility index (Phi) is 5.69. The number of ether oxygens (including phenoxy) is 1. The Bertz CT molecular complexity index is 551. The van der Waals surface area contributed by atoms with Gasteiger partial charge in [0.05, 0.1) is 39.0 Å². The molecule has 1 atom stereocenters. The highest BCUT2D eigenvalue weighted by molar-refractivity contribution is 5.45. The van der Waals surface area contributed by atoms with Crippen molar-refractivity contribution in [3.05, 3.63) is 54.5 Å². The van der Waals surface area contributed by atoms with Gasteiger partial charge < -0.3 is 24.1 Å². The Balaban J connectivity index is 1.35. The van der Waals surface area contributed by atoms with Crippen molar-refractivity contribution in [1.82, 2.24) is 0 Å². The number of hydrogen-bond donors (Lipinski definition) is 2. The molecule has 1 aliphatic heterocycles. The molecule has 1 saturated heterocycles. The van der Waals surface area contributed by atoms with Crippen LogP contribution < -0.4 is 9.80 Å². The van der Waals surface area contributed by atoms with Crippen molar-refractivity contribution >= 4 is 5.69 Å². The molecule has 0 aliphatic carbocycles. The van der Waals surface area contributed by atoms with E-state index in [1.807, 2.05) is 18.2 Å². The zero-order chi connectivity index (χ0) is 15.9. The number of rotatable bonds is 7. The standard InChI is InChI=1S/C18H24N2O3/c21-17(14-22-15-18-7-4-12-23-18)13-19-8-10-20(11-9-19)16-5-2-1-3-6-16/h1-7,12,17,21H,8-11,13-15H2/p+1/t17-/m0/s1. The number of piperazine rings is 1. The molecule has 1 aliphatic rings. The number of nitrogens with zero attached hydrogens (tertiary/aromatic N) is 1. The van der Waals surface area contributed by atoms with Gasteiger partial charge in [-0.25, -0.2) is 0 Å². The van der Waals surface area contributed by atoms with Crippen molar-refractivity contribution in [2.75, 3.05) is 44.2 Å². The lowest BCUT2D eigenvalue weighted by molar-refractivity contribution is -0.903. The Hall–Kier alpha value is -1.82. The van der Waals surface area contributed by atoms with E-state index in [9.17, 15) is 5.11 Å².